The van der Waals surface area contributed by atoms with Gasteiger partial charge in [-0.2, -0.15) is 5.26 Å². The summed E-state index contributed by atoms with van der Waals surface area (Å²) < 4.78 is 0. The van der Waals surface area contributed by atoms with Gasteiger partial charge in [-0.3, -0.25) is 9.63 Å². The monoisotopic (exact) mass is 272 g/mol. The number of benzene rings is 1. The van der Waals surface area contributed by atoms with Gasteiger partial charge in [-0.1, -0.05) is 56.0 Å². The van der Waals surface area contributed by atoms with Gasteiger partial charge < -0.3 is 0 Å². The van der Waals surface area contributed by atoms with E-state index >= 15 is 0 Å². The molecule has 1 aromatic rings. The van der Waals surface area contributed by atoms with Crippen molar-refractivity contribution in [1.82, 2.24) is 5.48 Å². The zero-order valence-electron chi connectivity index (χ0n) is 11.6. The lowest BCUT2D eigenvalue weighted by atomic mass is 9.81. The van der Waals surface area contributed by atoms with Crippen molar-refractivity contribution in [1.29, 1.82) is 5.26 Å². The van der Waals surface area contributed by atoms with Gasteiger partial charge in [0.15, 0.2) is 0 Å². The fourth-order valence-corrected chi connectivity index (χ4v) is 2.58. The molecule has 0 spiro atoms. The van der Waals surface area contributed by atoms with Gasteiger partial charge in [-0.05, 0) is 18.4 Å². The van der Waals surface area contributed by atoms with Gasteiger partial charge in [0.05, 0.1) is 12.7 Å². The van der Waals surface area contributed by atoms with Crippen LogP contribution < -0.4 is 5.48 Å². The lowest BCUT2D eigenvalue weighted by Crippen LogP contribution is -2.39. The second kappa shape index (κ2) is 7.06. The minimum Gasteiger partial charge on any atom is -0.271 e. The van der Waals surface area contributed by atoms with E-state index < -0.39 is 5.41 Å². The van der Waals surface area contributed by atoms with Crippen molar-refractivity contribution in [2.45, 2.75) is 45.1 Å². The smallest absolute Gasteiger partial charge is 0.264 e. The van der Waals surface area contributed by atoms with Crippen molar-refractivity contribution in [2.24, 2.45) is 5.41 Å². The third kappa shape index (κ3) is 3.58. The van der Waals surface area contributed by atoms with Gasteiger partial charge in [-0.15, -0.1) is 0 Å². The molecule has 4 heteroatoms. The summed E-state index contributed by atoms with van der Waals surface area (Å²) in [4.78, 5) is 17.5. The average Bonchev–Trinajstić information content (AvgIpc) is 2.74. The first-order valence-electron chi connectivity index (χ1n) is 7.14. The first-order chi connectivity index (χ1) is 9.77. The molecule has 20 heavy (non-hydrogen) atoms. The van der Waals surface area contributed by atoms with E-state index in [-0.39, 0.29) is 5.91 Å². The number of amides is 1. The highest BCUT2D eigenvalue weighted by Crippen LogP contribution is 2.34. The van der Waals surface area contributed by atoms with Crippen LogP contribution >= 0.6 is 0 Å². The van der Waals surface area contributed by atoms with Gasteiger partial charge in [-0.25, -0.2) is 5.48 Å². The quantitative estimate of drug-likeness (QED) is 0.676. The van der Waals surface area contributed by atoms with Crippen LogP contribution in [0.5, 0.6) is 0 Å². The number of nitrogens with zero attached hydrogens (tertiary/aromatic N) is 1. The number of carbonyl (C=O) groups is 1. The van der Waals surface area contributed by atoms with Crippen LogP contribution in [0, 0.1) is 16.7 Å². The van der Waals surface area contributed by atoms with E-state index in [1.165, 1.54) is 0 Å². The lowest BCUT2D eigenvalue weighted by molar-refractivity contribution is -0.143. The van der Waals surface area contributed by atoms with Crippen LogP contribution in [-0.2, 0) is 16.2 Å². The molecule has 1 fully saturated rings. The summed E-state index contributed by atoms with van der Waals surface area (Å²) in [5.74, 6) is -0.294. The Hall–Kier alpha value is -1.86. The topological polar surface area (TPSA) is 62.1 Å². The predicted molar refractivity (Wildman–Crippen MR) is 75.1 cm³/mol. The molecule has 1 saturated carbocycles. The average molecular weight is 272 g/mol. The molecule has 0 atom stereocenters. The summed E-state index contributed by atoms with van der Waals surface area (Å²) in [7, 11) is 0. The SMILES string of the molecule is N#CC1(C(=O)NOCc2ccccc2)CCCCCC1. The molecule has 0 heterocycles. The Morgan fingerprint density at radius 3 is 2.45 bits per heavy atom. The van der Waals surface area contributed by atoms with Crippen LogP contribution in [0.2, 0.25) is 0 Å². The Morgan fingerprint density at radius 1 is 1.20 bits per heavy atom. The first-order valence-corrected chi connectivity index (χ1v) is 7.14. The van der Waals surface area contributed by atoms with Crippen LogP contribution in [0.15, 0.2) is 30.3 Å². The van der Waals surface area contributed by atoms with E-state index in [0.29, 0.717) is 19.4 Å². The first kappa shape index (κ1) is 14.5. The maximum absolute atomic E-state index is 12.2. The summed E-state index contributed by atoms with van der Waals surface area (Å²) in [5, 5.41) is 9.39. The molecule has 0 aliphatic heterocycles. The van der Waals surface area contributed by atoms with E-state index in [1.54, 1.807) is 0 Å². The summed E-state index contributed by atoms with van der Waals surface area (Å²) >= 11 is 0. The summed E-state index contributed by atoms with van der Waals surface area (Å²) in [6.45, 7) is 0.314. The zero-order valence-corrected chi connectivity index (χ0v) is 11.6. The minimum atomic E-state index is -0.910. The van der Waals surface area contributed by atoms with E-state index in [0.717, 1.165) is 31.2 Å². The Balaban J connectivity index is 1.88. The molecule has 4 nitrogen and oxygen atoms in total. The molecule has 0 unspecified atom stereocenters. The zero-order chi connectivity index (χ0) is 14.3. The third-order valence-electron chi connectivity index (χ3n) is 3.85. The van der Waals surface area contributed by atoms with Gasteiger partial charge in [0.25, 0.3) is 5.91 Å². The number of hydrogen-bond donors (Lipinski definition) is 1. The summed E-state index contributed by atoms with van der Waals surface area (Å²) in [5.41, 5.74) is 2.54. The minimum absolute atomic E-state index is 0.294. The highest BCUT2D eigenvalue weighted by molar-refractivity contribution is 5.84. The molecule has 1 amide bonds. The molecular weight excluding hydrogens is 252 g/mol. The molecule has 106 valence electrons. The van der Waals surface area contributed by atoms with Crippen molar-refractivity contribution < 1.29 is 9.63 Å². The Kier molecular flexibility index (Phi) is 5.14. The Bertz CT molecular complexity index is 471. The van der Waals surface area contributed by atoms with Crippen LogP contribution in [-0.4, -0.2) is 5.91 Å². The second-order valence-corrected chi connectivity index (χ2v) is 5.31. The van der Waals surface area contributed by atoms with Gasteiger partial charge in [0.1, 0.15) is 5.41 Å². The Morgan fingerprint density at radius 2 is 1.85 bits per heavy atom. The van der Waals surface area contributed by atoms with Crippen molar-refractivity contribution >= 4 is 5.91 Å². The number of nitriles is 1. The summed E-state index contributed by atoms with van der Waals surface area (Å²) in [6.07, 6.45) is 5.32. The standard InChI is InChI=1S/C16H20N2O2/c17-13-16(10-6-1-2-7-11-16)15(19)18-20-12-14-8-4-3-5-9-14/h3-5,8-9H,1-2,6-7,10-12H2,(H,18,19). The van der Waals surface area contributed by atoms with Gasteiger partial charge in [0, 0.05) is 0 Å². The van der Waals surface area contributed by atoms with Crippen molar-refractivity contribution in [3.63, 3.8) is 0 Å². The molecule has 1 aliphatic rings. The number of rotatable bonds is 4. The van der Waals surface area contributed by atoms with Gasteiger partial charge >= 0.3 is 0 Å². The van der Waals surface area contributed by atoms with E-state index in [2.05, 4.69) is 11.5 Å². The van der Waals surface area contributed by atoms with E-state index in [4.69, 9.17) is 4.84 Å². The predicted octanol–water partition coefficient (Wildman–Crippen LogP) is 3.10. The molecular formula is C16H20N2O2. The molecule has 0 aromatic heterocycles. The number of carbonyl (C=O) groups excluding carboxylic acids is 1. The molecule has 1 aromatic carbocycles. The lowest BCUT2D eigenvalue weighted by Gasteiger charge is -2.23. The van der Waals surface area contributed by atoms with Crippen LogP contribution in [0.4, 0.5) is 0 Å². The van der Waals surface area contributed by atoms with Crippen LogP contribution in [0.25, 0.3) is 0 Å². The van der Waals surface area contributed by atoms with Crippen LogP contribution in [0.3, 0.4) is 0 Å². The molecule has 0 bridgehead atoms. The van der Waals surface area contributed by atoms with Crippen LogP contribution in [0.1, 0.15) is 44.1 Å². The van der Waals surface area contributed by atoms with Gasteiger partial charge in [0.2, 0.25) is 0 Å². The van der Waals surface area contributed by atoms with Crippen molar-refractivity contribution in [3.05, 3.63) is 35.9 Å². The fraction of sp³-hybridized carbons (Fsp3) is 0.500. The van der Waals surface area contributed by atoms with Crippen molar-refractivity contribution in [3.8, 4) is 6.07 Å². The molecule has 1 N–H and O–H groups in total. The molecule has 1 aliphatic carbocycles. The maximum atomic E-state index is 12.2. The largest absolute Gasteiger partial charge is 0.271 e. The molecule has 0 radical (unpaired) electrons. The fourth-order valence-electron chi connectivity index (χ4n) is 2.58. The second-order valence-electron chi connectivity index (χ2n) is 5.31. The highest BCUT2D eigenvalue weighted by Gasteiger charge is 2.39. The third-order valence-corrected chi connectivity index (χ3v) is 3.85. The number of hydrogen-bond acceptors (Lipinski definition) is 3. The van der Waals surface area contributed by atoms with Crippen molar-refractivity contribution in [2.75, 3.05) is 0 Å². The molecule has 2 rings (SSSR count). The maximum Gasteiger partial charge on any atom is 0.264 e. The van der Waals surface area contributed by atoms with E-state index in [9.17, 15) is 10.1 Å². The van der Waals surface area contributed by atoms with E-state index in [1.807, 2.05) is 30.3 Å². The highest BCUT2D eigenvalue weighted by atomic mass is 16.6. The summed E-state index contributed by atoms with van der Waals surface area (Å²) in [6, 6.07) is 11.8. The Labute approximate surface area is 119 Å². The number of hydroxylamine groups is 1. The molecule has 0 saturated heterocycles. The number of nitrogens with one attached hydrogen (secondary N) is 1. The normalized spacial score (nSPS) is 17.8.